The second-order valence-electron chi connectivity index (χ2n) is 9.80. The summed E-state index contributed by atoms with van der Waals surface area (Å²) in [6, 6.07) is 5.25. The highest BCUT2D eigenvalue weighted by atomic mass is 16.5. The number of carbonyl (C=O) groups excluding carboxylic acids is 2. The van der Waals surface area contributed by atoms with Gasteiger partial charge in [0.05, 0.1) is 17.1 Å². The number of nitrogens with zero attached hydrogens (tertiary/aromatic N) is 4. The molecule has 2 aromatic rings. The highest BCUT2D eigenvalue weighted by Crippen LogP contribution is 2.43. The van der Waals surface area contributed by atoms with Crippen molar-refractivity contribution >= 4 is 17.7 Å². The second kappa shape index (κ2) is 8.32. The van der Waals surface area contributed by atoms with E-state index in [1.165, 1.54) is 4.68 Å². The summed E-state index contributed by atoms with van der Waals surface area (Å²) in [6.07, 6.45) is 1.55. The third kappa shape index (κ3) is 3.63. The molecule has 4 heterocycles. The van der Waals surface area contributed by atoms with E-state index in [1.807, 2.05) is 13.0 Å². The average molecular weight is 467 g/mol. The highest BCUT2D eigenvalue weighted by molar-refractivity contribution is 5.99. The van der Waals surface area contributed by atoms with E-state index in [0.29, 0.717) is 30.0 Å². The van der Waals surface area contributed by atoms with Gasteiger partial charge in [-0.2, -0.15) is 5.10 Å². The zero-order valence-electron chi connectivity index (χ0n) is 19.8. The first-order chi connectivity index (χ1) is 16.2. The van der Waals surface area contributed by atoms with Crippen molar-refractivity contribution in [3.63, 3.8) is 0 Å². The highest BCUT2D eigenvalue weighted by Gasteiger charge is 2.49. The van der Waals surface area contributed by atoms with Crippen LogP contribution in [0.15, 0.2) is 23.0 Å². The number of cyclic esters (lactones) is 1. The maximum atomic E-state index is 13.4. The maximum absolute atomic E-state index is 13.4. The van der Waals surface area contributed by atoms with Gasteiger partial charge in [0.25, 0.3) is 5.56 Å². The zero-order valence-corrected chi connectivity index (χ0v) is 19.8. The van der Waals surface area contributed by atoms with E-state index < -0.39 is 11.5 Å². The Morgan fingerprint density at radius 1 is 1.12 bits per heavy atom. The number of β-amino-alcohol motifs (C(OH)–C–C–N with tert-alkyl or cyclic N) is 1. The quantitative estimate of drug-likeness (QED) is 0.683. The molecule has 1 aromatic carbocycles. The van der Waals surface area contributed by atoms with Crippen LogP contribution in [0.5, 0.6) is 0 Å². The lowest BCUT2D eigenvalue weighted by Crippen LogP contribution is -2.46. The van der Waals surface area contributed by atoms with Gasteiger partial charge in [0.15, 0.2) is 5.82 Å². The summed E-state index contributed by atoms with van der Waals surface area (Å²) in [5.74, 6) is 0.310. The number of rotatable bonds is 4. The van der Waals surface area contributed by atoms with Crippen molar-refractivity contribution in [2.75, 3.05) is 31.1 Å². The third-order valence-corrected chi connectivity index (χ3v) is 7.83. The van der Waals surface area contributed by atoms with Gasteiger partial charge in [-0.15, -0.1) is 0 Å². The molecular formula is C25H30N4O5. The molecule has 1 aromatic heterocycles. The van der Waals surface area contributed by atoms with Gasteiger partial charge in [-0.05, 0) is 69.5 Å². The van der Waals surface area contributed by atoms with Crippen molar-refractivity contribution in [3.8, 4) is 0 Å². The molecule has 0 saturated carbocycles. The topological polar surface area (TPSA) is 105 Å². The van der Waals surface area contributed by atoms with Crippen molar-refractivity contribution in [2.24, 2.45) is 12.5 Å². The largest absolute Gasteiger partial charge is 0.457 e. The predicted molar refractivity (Wildman–Crippen MR) is 125 cm³/mol. The predicted octanol–water partition coefficient (Wildman–Crippen LogP) is 1.62. The number of anilines is 1. The summed E-state index contributed by atoms with van der Waals surface area (Å²) in [5, 5.41) is 15.3. The molecular weight excluding hydrogens is 436 g/mol. The number of esters is 1. The molecule has 3 aliphatic heterocycles. The molecule has 9 nitrogen and oxygen atoms in total. The first-order valence-electron chi connectivity index (χ1n) is 11.8. The van der Waals surface area contributed by atoms with E-state index in [0.717, 1.165) is 49.0 Å². The SMILES string of the molecule is Cc1c(C(O)CN2CCC3(CC2)CCN(c2cc(C)c(=O)n(C)n2)C3=O)ccc2c1COC2=O. The Labute approximate surface area is 197 Å². The Balaban J connectivity index is 1.24. The lowest BCUT2D eigenvalue weighted by molar-refractivity contribution is -0.128. The molecule has 2 fully saturated rings. The van der Waals surface area contributed by atoms with Crippen LogP contribution in [0.3, 0.4) is 0 Å². The minimum atomic E-state index is -0.677. The smallest absolute Gasteiger partial charge is 0.338 e. The van der Waals surface area contributed by atoms with Gasteiger partial charge in [-0.3, -0.25) is 14.5 Å². The fourth-order valence-electron chi connectivity index (χ4n) is 5.61. The Hall–Kier alpha value is -3.04. The van der Waals surface area contributed by atoms with Crippen LogP contribution in [0, 0.1) is 19.3 Å². The summed E-state index contributed by atoms with van der Waals surface area (Å²) in [5.41, 5.74) is 3.17. The van der Waals surface area contributed by atoms with Crippen molar-refractivity contribution in [3.05, 3.63) is 56.4 Å². The number of hydrogen-bond acceptors (Lipinski definition) is 7. The number of aliphatic hydroxyl groups is 1. The number of hydrogen-bond donors (Lipinski definition) is 1. The molecule has 1 spiro atoms. The normalized spacial score (nSPS) is 20.6. The minimum absolute atomic E-state index is 0.0809. The van der Waals surface area contributed by atoms with E-state index in [9.17, 15) is 19.5 Å². The maximum Gasteiger partial charge on any atom is 0.338 e. The van der Waals surface area contributed by atoms with Crippen LogP contribution in [0.25, 0.3) is 0 Å². The Kier molecular flexibility index (Phi) is 5.56. The second-order valence-corrected chi connectivity index (χ2v) is 9.80. The monoisotopic (exact) mass is 466 g/mol. The van der Waals surface area contributed by atoms with Gasteiger partial charge in [0.1, 0.15) is 6.61 Å². The van der Waals surface area contributed by atoms with Crippen molar-refractivity contribution in [1.82, 2.24) is 14.7 Å². The molecule has 9 heteroatoms. The molecule has 0 bridgehead atoms. The number of piperidine rings is 1. The van der Waals surface area contributed by atoms with Gasteiger partial charge in [0, 0.05) is 31.3 Å². The van der Waals surface area contributed by atoms with Gasteiger partial charge in [-0.1, -0.05) is 6.07 Å². The van der Waals surface area contributed by atoms with Crippen molar-refractivity contribution in [2.45, 2.75) is 45.8 Å². The number of benzene rings is 1. The molecule has 5 rings (SSSR count). The number of likely N-dealkylation sites (tertiary alicyclic amines) is 1. The zero-order chi connectivity index (χ0) is 24.2. The number of amides is 1. The lowest BCUT2D eigenvalue weighted by Gasteiger charge is -2.38. The van der Waals surface area contributed by atoms with Crippen LogP contribution in [-0.2, 0) is 23.2 Å². The number of carbonyl (C=O) groups is 2. The van der Waals surface area contributed by atoms with Crippen molar-refractivity contribution < 1.29 is 19.4 Å². The molecule has 34 heavy (non-hydrogen) atoms. The van der Waals surface area contributed by atoms with Gasteiger partial charge in [0.2, 0.25) is 5.91 Å². The van der Waals surface area contributed by atoms with E-state index in [-0.39, 0.29) is 24.0 Å². The fourth-order valence-corrected chi connectivity index (χ4v) is 5.61. The summed E-state index contributed by atoms with van der Waals surface area (Å²) in [4.78, 5) is 41.1. The first-order valence-corrected chi connectivity index (χ1v) is 11.8. The lowest BCUT2D eigenvalue weighted by atomic mass is 9.77. The van der Waals surface area contributed by atoms with Crippen LogP contribution in [0.2, 0.25) is 0 Å². The summed E-state index contributed by atoms with van der Waals surface area (Å²) in [7, 11) is 1.60. The van der Waals surface area contributed by atoms with E-state index in [2.05, 4.69) is 10.00 Å². The number of fused-ring (bicyclic) bond motifs is 1. The van der Waals surface area contributed by atoms with Crippen molar-refractivity contribution in [1.29, 1.82) is 0 Å². The molecule has 1 atom stereocenters. The van der Waals surface area contributed by atoms with Gasteiger partial charge in [-0.25, -0.2) is 9.48 Å². The molecule has 0 aliphatic carbocycles. The van der Waals surface area contributed by atoms with Crippen LogP contribution in [0.4, 0.5) is 5.82 Å². The van der Waals surface area contributed by atoms with Crippen LogP contribution < -0.4 is 10.5 Å². The minimum Gasteiger partial charge on any atom is -0.457 e. The average Bonchev–Trinajstić information content (AvgIpc) is 3.34. The number of aromatic nitrogens is 2. The fraction of sp³-hybridized carbons (Fsp3) is 0.520. The molecule has 1 amide bonds. The first kappa shape index (κ1) is 22.7. The molecule has 2 saturated heterocycles. The van der Waals surface area contributed by atoms with E-state index in [1.54, 1.807) is 31.0 Å². The Morgan fingerprint density at radius 2 is 1.82 bits per heavy atom. The molecule has 3 aliphatic rings. The van der Waals surface area contributed by atoms with Crippen LogP contribution >= 0.6 is 0 Å². The number of ether oxygens (including phenoxy) is 1. The van der Waals surface area contributed by atoms with Crippen LogP contribution in [-0.4, -0.2) is 57.8 Å². The Morgan fingerprint density at radius 3 is 2.53 bits per heavy atom. The van der Waals surface area contributed by atoms with E-state index >= 15 is 0 Å². The third-order valence-electron chi connectivity index (χ3n) is 7.83. The van der Waals surface area contributed by atoms with Gasteiger partial charge >= 0.3 is 5.97 Å². The standard InChI is InChI=1S/C25H30N4O5/c1-15-12-21(26-27(3)22(15)31)29-11-8-25(24(29)33)6-9-28(10-7-25)13-20(30)17-4-5-18-19(16(17)2)14-34-23(18)32/h4-5,12,20,30H,6-11,13-14H2,1-3H3. The van der Waals surface area contributed by atoms with Crippen LogP contribution in [0.1, 0.15) is 58.0 Å². The molecule has 1 N–H and O–H groups in total. The summed E-state index contributed by atoms with van der Waals surface area (Å²) < 4.78 is 6.41. The van der Waals surface area contributed by atoms with Gasteiger partial charge < -0.3 is 14.7 Å². The number of aliphatic hydroxyl groups excluding tert-OH is 1. The van der Waals surface area contributed by atoms with E-state index in [4.69, 9.17) is 4.74 Å². The molecule has 180 valence electrons. The molecule has 0 radical (unpaired) electrons. The molecule has 1 unspecified atom stereocenters. The summed E-state index contributed by atoms with van der Waals surface area (Å²) >= 11 is 0. The Bertz CT molecular complexity index is 1200. The summed E-state index contributed by atoms with van der Waals surface area (Å²) in [6.45, 7) is 6.44. The number of aryl methyl sites for hydroxylation is 2.